The predicted octanol–water partition coefficient (Wildman–Crippen LogP) is 1.72. The standard InChI is InChI=1S/C13H7N3O/c14-8-9-5-6-16-12(7-9)15-11-4-2-1-3-10(11)13(16)17/h1-7H. The highest BCUT2D eigenvalue weighted by molar-refractivity contribution is 5.79. The fourth-order valence-corrected chi connectivity index (χ4v) is 1.82. The molecule has 0 N–H and O–H groups in total. The van der Waals surface area contributed by atoms with E-state index in [0.29, 0.717) is 22.1 Å². The molecule has 3 aromatic rings. The summed E-state index contributed by atoms with van der Waals surface area (Å²) < 4.78 is 1.45. The maximum atomic E-state index is 12.1. The van der Waals surface area contributed by atoms with Crippen molar-refractivity contribution in [3.63, 3.8) is 0 Å². The number of fused-ring (bicyclic) bond motifs is 2. The molecule has 17 heavy (non-hydrogen) atoms. The van der Waals surface area contributed by atoms with Crippen molar-refractivity contribution in [2.45, 2.75) is 0 Å². The molecule has 0 aliphatic carbocycles. The first-order chi connectivity index (χ1) is 8.29. The average molecular weight is 221 g/mol. The van der Waals surface area contributed by atoms with E-state index in [-0.39, 0.29) is 5.56 Å². The van der Waals surface area contributed by atoms with Gasteiger partial charge in [0.05, 0.1) is 22.5 Å². The summed E-state index contributed by atoms with van der Waals surface area (Å²) in [5.41, 5.74) is 1.52. The summed E-state index contributed by atoms with van der Waals surface area (Å²) in [6.07, 6.45) is 1.58. The van der Waals surface area contributed by atoms with E-state index in [4.69, 9.17) is 5.26 Å². The third-order valence-electron chi connectivity index (χ3n) is 2.65. The zero-order valence-electron chi connectivity index (χ0n) is 8.79. The molecule has 0 fully saturated rings. The van der Waals surface area contributed by atoms with Gasteiger partial charge in [-0.2, -0.15) is 5.26 Å². The normalized spacial score (nSPS) is 10.5. The molecule has 0 aliphatic heterocycles. The summed E-state index contributed by atoms with van der Waals surface area (Å²) >= 11 is 0. The minimum absolute atomic E-state index is 0.116. The number of nitriles is 1. The van der Waals surface area contributed by atoms with E-state index in [2.05, 4.69) is 4.98 Å². The Morgan fingerprint density at radius 1 is 1.24 bits per heavy atom. The third-order valence-corrected chi connectivity index (χ3v) is 2.65. The number of hydrogen-bond donors (Lipinski definition) is 0. The first kappa shape index (κ1) is 9.55. The second-order valence-electron chi connectivity index (χ2n) is 3.69. The molecule has 0 bridgehead atoms. The van der Waals surface area contributed by atoms with Crippen molar-refractivity contribution in [3.05, 3.63) is 58.5 Å². The lowest BCUT2D eigenvalue weighted by molar-refractivity contribution is 1.07. The van der Waals surface area contributed by atoms with Crippen LogP contribution in [0.1, 0.15) is 5.56 Å². The number of hydrogen-bond acceptors (Lipinski definition) is 3. The Morgan fingerprint density at radius 2 is 2.06 bits per heavy atom. The summed E-state index contributed by atoms with van der Waals surface area (Å²) in [6, 6.07) is 12.4. The van der Waals surface area contributed by atoms with Gasteiger partial charge in [-0.15, -0.1) is 0 Å². The van der Waals surface area contributed by atoms with Gasteiger partial charge in [-0.05, 0) is 24.3 Å². The van der Waals surface area contributed by atoms with Gasteiger partial charge in [0.1, 0.15) is 5.65 Å². The highest BCUT2D eigenvalue weighted by Gasteiger charge is 2.04. The van der Waals surface area contributed by atoms with Crippen molar-refractivity contribution < 1.29 is 0 Å². The molecule has 0 aliphatic rings. The lowest BCUT2D eigenvalue weighted by Crippen LogP contribution is -2.14. The van der Waals surface area contributed by atoms with Gasteiger partial charge < -0.3 is 0 Å². The van der Waals surface area contributed by atoms with Crippen LogP contribution in [0, 0.1) is 11.3 Å². The maximum Gasteiger partial charge on any atom is 0.265 e. The van der Waals surface area contributed by atoms with Crippen LogP contribution in [0.3, 0.4) is 0 Å². The van der Waals surface area contributed by atoms with Crippen LogP contribution in [-0.4, -0.2) is 9.38 Å². The molecule has 0 atom stereocenters. The maximum absolute atomic E-state index is 12.1. The molecular weight excluding hydrogens is 214 g/mol. The van der Waals surface area contributed by atoms with Crippen molar-refractivity contribution in [1.82, 2.24) is 9.38 Å². The molecule has 0 amide bonds. The number of benzene rings is 1. The third kappa shape index (κ3) is 1.37. The highest BCUT2D eigenvalue weighted by Crippen LogP contribution is 2.09. The summed E-state index contributed by atoms with van der Waals surface area (Å²) in [6.45, 7) is 0. The van der Waals surface area contributed by atoms with Crippen molar-refractivity contribution in [3.8, 4) is 6.07 Å². The van der Waals surface area contributed by atoms with Crippen molar-refractivity contribution in [1.29, 1.82) is 5.26 Å². The van der Waals surface area contributed by atoms with Crippen LogP contribution in [0.15, 0.2) is 47.4 Å². The summed E-state index contributed by atoms with van der Waals surface area (Å²) in [5, 5.41) is 9.39. The van der Waals surface area contributed by atoms with Crippen molar-refractivity contribution in [2.75, 3.05) is 0 Å². The van der Waals surface area contributed by atoms with E-state index in [1.807, 2.05) is 12.1 Å². The Morgan fingerprint density at radius 3 is 2.88 bits per heavy atom. The molecule has 3 rings (SSSR count). The van der Waals surface area contributed by atoms with E-state index in [1.165, 1.54) is 4.40 Å². The van der Waals surface area contributed by atoms with E-state index in [1.54, 1.807) is 36.5 Å². The van der Waals surface area contributed by atoms with Gasteiger partial charge in [0.15, 0.2) is 0 Å². The Bertz CT molecular complexity index is 827. The van der Waals surface area contributed by atoms with Crippen LogP contribution in [0.4, 0.5) is 0 Å². The molecule has 0 radical (unpaired) electrons. The quantitative estimate of drug-likeness (QED) is 0.543. The minimum atomic E-state index is -0.116. The Balaban J connectivity index is 2.56. The topological polar surface area (TPSA) is 58.2 Å². The lowest BCUT2D eigenvalue weighted by atomic mass is 10.2. The molecule has 0 saturated carbocycles. The summed E-state index contributed by atoms with van der Waals surface area (Å²) in [4.78, 5) is 16.5. The first-order valence-corrected chi connectivity index (χ1v) is 5.11. The van der Waals surface area contributed by atoms with E-state index in [0.717, 1.165) is 0 Å². The molecule has 0 saturated heterocycles. The fraction of sp³-hybridized carbons (Fsp3) is 0. The fourth-order valence-electron chi connectivity index (χ4n) is 1.82. The Kier molecular flexibility index (Phi) is 1.92. The van der Waals surface area contributed by atoms with Gasteiger partial charge in [-0.3, -0.25) is 9.20 Å². The minimum Gasteiger partial charge on any atom is -0.268 e. The number of rotatable bonds is 0. The molecule has 2 heterocycles. The second kappa shape index (κ2) is 3.42. The van der Waals surface area contributed by atoms with Crippen LogP contribution >= 0.6 is 0 Å². The van der Waals surface area contributed by atoms with Gasteiger partial charge in [-0.1, -0.05) is 12.1 Å². The Hall–Kier alpha value is -2.67. The molecule has 1 aromatic carbocycles. The molecule has 0 spiro atoms. The van der Waals surface area contributed by atoms with Gasteiger partial charge in [-0.25, -0.2) is 4.98 Å². The molecule has 4 heteroatoms. The molecule has 80 valence electrons. The van der Waals surface area contributed by atoms with E-state index in [9.17, 15) is 4.79 Å². The van der Waals surface area contributed by atoms with Crippen LogP contribution in [0.2, 0.25) is 0 Å². The SMILES string of the molecule is N#Cc1ccn2c(=O)c3ccccc3nc2c1. The number of pyridine rings is 1. The zero-order chi connectivity index (χ0) is 11.8. The van der Waals surface area contributed by atoms with Gasteiger partial charge in [0.2, 0.25) is 0 Å². The predicted molar refractivity (Wildman–Crippen MR) is 63.7 cm³/mol. The molecule has 2 aromatic heterocycles. The van der Waals surface area contributed by atoms with Crippen molar-refractivity contribution >= 4 is 16.6 Å². The molecule has 4 nitrogen and oxygen atoms in total. The molecule has 0 unspecified atom stereocenters. The van der Waals surface area contributed by atoms with Crippen LogP contribution in [0.5, 0.6) is 0 Å². The summed E-state index contributed by atoms with van der Waals surface area (Å²) in [5.74, 6) is 0. The van der Waals surface area contributed by atoms with Crippen LogP contribution < -0.4 is 5.56 Å². The Labute approximate surface area is 96.4 Å². The van der Waals surface area contributed by atoms with Crippen molar-refractivity contribution in [2.24, 2.45) is 0 Å². The average Bonchev–Trinajstić information content (AvgIpc) is 2.38. The number of para-hydroxylation sites is 1. The zero-order valence-corrected chi connectivity index (χ0v) is 8.79. The number of nitrogens with zero attached hydrogens (tertiary/aromatic N) is 3. The van der Waals surface area contributed by atoms with E-state index >= 15 is 0 Å². The lowest BCUT2D eigenvalue weighted by Gasteiger charge is -2.02. The summed E-state index contributed by atoms with van der Waals surface area (Å²) in [7, 11) is 0. The van der Waals surface area contributed by atoms with Gasteiger partial charge in [0, 0.05) is 6.20 Å². The largest absolute Gasteiger partial charge is 0.268 e. The molecular formula is C13H7N3O. The van der Waals surface area contributed by atoms with E-state index < -0.39 is 0 Å². The first-order valence-electron chi connectivity index (χ1n) is 5.11. The second-order valence-corrected chi connectivity index (χ2v) is 3.69. The smallest absolute Gasteiger partial charge is 0.265 e. The highest BCUT2D eigenvalue weighted by atomic mass is 16.1. The van der Waals surface area contributed by atoms with Gasteiger partial charge in [0.25, 0.3) is 5.56 Å². The van der Waals surface area contributed by atoms with Crippen LogP contribution in [0.25, 0.3) is 16.6 Å². The van der Waals surface area contributed by atoms with Crippen LogP contribution in [-0.2, 0) is 0 Å². The van der Waals surface area contributed by atoms with Gasteiger partial charge >= 0.3 is 0 Å². The monoisotopic (exact) mass is 221 g/mol. The number of aromatic nitrogens is 2.